The molecule has 0 radical (unpaired) electrons. The molecule has 106 valence electrons. The highest BCUT2D eigenvalue weighted by Gasteiger charge is 2.11. The lowest BCUT2D eigenvalue weighted by molar-refractivity contribution is -0.402. The summed E-state index contributed by atoms with van der Waals surface area (Å²) in [6.07, 6.45) is 3.75. The smallest absolute Gasteiger partial charge is 0.433 e. The van der Waals surface area contributed by atoms with Crippen molar-refractivity contribution in [2.45, 2.75) is 0 Å². The SMILES string of the molecule is NC(=O)N(CC(=O)O)/N=C/C=C/c1ccc([N+](=O)[O-])o1. The average Bonchev–Trinajstić information content (AvgIpc) is 2.81. The van der Waals surface area contributed by atoms with Crippen LogP contribution in [0.3, 0.4) is 0 Å². The van der Waals surface area contributed by atoms with E-state index in [4.69, 9.17) is 15.3 Å². The van der Waals surface area contributed by atoms with E-state index in [1.165, 1.54) is 24.3 Å². The summed E-state index contributed by atoms with van der Waals surface area (Å²) in [7, 11) is 0. The van der Waals surface area contributed by atoms with Crippen molar-refractivity contribution < 1.29 is 24.0 Å². The van der Waals surface area contributed by atoms with Crippen LogP contribution >= 0.6 is 0 Å². The molecular weight excluding hydrogens is 272 g/mol. The van der Waals surface area contributed by atoms with Crippen LogP contribution in [0.25, 0.3) is 6.08 Å². The first-order chi connectivity index (χ1) is 9.40. The molecule has 0 saturated carbocycles. The van der Waals surface area contributed by atoms with Gasteiger partial charge in [-0.05, 0) is 18.2 Å². The third kappa shape index (κ3) is 4.60. The van der Waals surface area contributed by atoms with Crippen molar-refractivity contribution in [1.82, 2.24) is 5.01 Å². The van der Waals surface area contributed by atoms with E-state index in [0.29, 0.717) is 5.01 Å². The molecule has 0 fully saturated rings. The van der Waals surface area contributed by atoms with Crippen molar-refractivity contribution in [2.75, 3.05) is 6.54 Å². The molecule has 1 heterocycles. The van der Waals surface area contributed by atoms with Gasteiger partial charge in [0.25, 0.3) is 0 Å². The van der Waals surface area contributed by atoms with Gasteiger partial charge >= 0.3 is 17.9 Å². The Morgan fingerprint density at radius 1 is 1.55 bits per heavy atom. The molecule has 0 aliphatic rings. The highest BCUT2D eigenvalue weighted by Crippen LogP contribution is 2.16. The van der Waals surface area contributed by atoms with Crippen molar-refractivity contribution in [3.63, 3.8) is 0 Å². The van der Waals surface area contributed by atoms with Gasteiger partial charge in [0, 0.05) is 6.21 Å². The lowest BCUT2D eigenvalue weighted by Gasteiger charge is -2.09. The number of urea groups is 1. The van der Waals surface area contributed by atoms with E-state index in [2.05, 4.69) is 5.10 Å². The number of hydrogen-bond acceptors (Lipinski definition) is 6. The number of carboxylic acids is 1. The second-order valence-electron chi connectivity index (χ2n) is 3.35. The number of carboxylic acid groups (broad SMARTS) is 1. The predicted octanol–water partition coefficient (Wildman–Crippen LogP) is 0.652. The number of rotatable bonds is 6. The van der Waals surface area contributed by atoms with Crippen LogP contribution in [0.4, 0.5) is 10.7 Å². The van der Waals surface area contributed by atoms with E-state index in [9.17, 15) is 19.7 Å². The normalized spacial score (nSPS) is 11.0. The van der Waals surface area contributed by atoms with E-state index < -0.39 is 29.4 Å². The van der Waals surface area contributed by atoms with Crippen LogP contribution in [-0.2, 0) is 4.79 Å². The summed E-state index contributed by atoms with van der Waals surface area (Å²) in [5, 5.41) is 22.9. The van der Waals surface area contributed by atoms with E-state index in [1.807, 2.05) is 0 Å². The Labute approximate surface area is 111 Å². The predicted molar refractivity (Wildman–Crippen MR) is 66.8 cm³/mol. The number of hydrogen-bond donors (Lipinski definition) is 2. The molecule has 0 atom stereocenters. The Bertz CT molecular complexity index is 576. The van der Waals surface area contributed by atoms with Gasteiger partial charge in [0.15, 0.2) is 0 Å². The molecule has 0 bridgehead atoms. The van der Waals surface area contributed by atoms with Gasteiger partial charge in [-0.15, -0.1) is 0 Å². The molecule has 0 aliphatic carbocycles. The fourth-order valence-corrected chi connectivity index (χ4v) is 1.09. The third-order valence-corrected chi connectivity index (χ3v) is 1.88. The zero-order valence-corrected chi connectivity index (χ0v) is 10.0. The Kier molecular flexibility index (Phi) is 4.97. The molecule has 0 saturated heterocycles. The monoisotopic (exact) mass is 282 g/mol. The quantitative estimate of drug-likeness (QED) is 0.443. The number of nitro groups is 1. The maximum atomic E-state index is 10.8. The maximum Gasteiger partial charge on any atom is 0.433 e. The number of nitrogens with zero attached hydrogens (tertiary/aromatic N) is 3. The second kappa shape index (κ2) is 6.68. The van der Waals surface area contributed by atoms with Crippen LogP contribution in [0, 0.1) is 10.1 Å². The molecule has 2 amide bonds. The van der Waals surface area contributed by atoms with Crippen LogP contribution < -0.4 is 5.73 Å². The largest absolute Gasteiger partial charge is 0.480 e. The zero-order chi connectivity index (χ0) is 15.1. The number of primary amides is 1. The topological polar surface area (TPSA) is 152 Å². The van der Waals surface area contributed by atoms with Gasteiger partial charge in [0.2, 0.25) is 0 Å². The molecule has 1 rings (SSSR count). The van der Waals surface area contributed by atoms with Crippen molar-refractivity contribution in [3.05, 3.63) is 34.1 Å². The first kappa shape index (κ1) is 14.9. The molecule has 10 nitrogen and oxygen atoms in total. The first-order valence-corrected chi connectivity index (χ1v) is 5.14. The summed E-state index contributed by atoms with van der Waals surface area (Å²) < 4.78 is 4.82. The number of allylic oxidation sites excluding steroid dienone is 1. The highest BCUT2D eigenvalue weighted by atomic mass is 16.6. The summed E-state index contributed by atoms with van der Waals surface area (Å²) in [6.45, 7) is -0.675. The van der Waals surface area contributed by atoms with Gasteiger partial charge in [-0.1, -0.05) is 0 Å². The number of carbonyl (C=O) groups is 2. The van der Waals surface area contributed by atoms with Crippen LogP contribution in [0.1, 0.15) is 5.76 Å². The Morgan fingerprint density at radius 2 is 2.25 bits per heavy atom. The van der Waals surface area contributed by atoms with Crippen LogP contribution in [0.5, 0.6) is 0 Å². The fourth-order valence-electron chi connectivity index (χ4n) is 1.09. The van der Waals surface area contributed by atoms with Gasteiger partial charge in [0.1, 0.15) is 17.2 Å². The molecule has 0 unspecified atom stereocenters. The Morgan fingerprint density at radius 3 is 2.75 bits per heavy atom. The number of carbonyl (C=O) groups excluding carboxylic acids is 1. The number of aliphatic carboxylic acids is 1. The first-order valence-electron chi connectivity index (χ1n) is 5.14. The summed E-state index contributed by atoms with van der Waals surface area (Å²) in [5.41, 5.74) is 4.91. The van der Waals surface area contributed by atoms with Gasteiger partial charge < -0.3 is 15.3 Å². The molecule has 20 heavy (non-hydrogen) atoms. The molecule has 0 spiro atoms. The molecule has 1 aromatic rings. The highest BCUT2D eigenvalue weighted by molar-refractivity contribution is 5.82. The van der Waals surface area contributed by atoms with Crippen LogP contribution in [0.15, 0.2) is 27.7 Å². The summed E-state index contributed by atoms with van der Waals surface area (Å²) >= 11 is 0. The lowest BCUT2D eigenvalue weighted by Crippen LogP contribution is -2.35. The fraction of sp³-hybridized carbons (Fsp3) is 0.100. The summed E-state index contributed by atoms with van der Waals surface area (Å²) in [4.78, 5) is 30.9. The average molecular weight is 282 g/mol. The molecule has 0 aromatic carbocycles. The van der Waals surface area contributed by atoms with Gasteiger partial charge in [-0.3, -0.25) is 14.9 Å². The number of nitrogens with two attached hydrogens (primary N) is 1. The number of amides is 2. The van der Waals surface area contributed by atoms with E-state index >= 15 is 0 Å². The van der Waals surface area contributed by atoms with E-state index in [0.717, 1.165) is 6.21 Å². The van der Waals surface area contributed by atoms with Gasteiger partial charge in [-0.2, -0.15) is 5.10 Å². The minimum absolute atomic E-state index is 0.201. The molecule has 3 N–H and O–H groups in total. The molecule has 0 aliphatic heterocycles. The molecule has 10 heteroatoms. The van der Waals surface area contributed by atoms with Crippen molar-refractivity contribution in [3.8, 4) is 0 Å². The Balaban J connectivity index is 2.65. The second-order valence-corrected chi connectivity index (χ2v) is 3.35. The van der Waals surface area contributed by atoms with Gasteiger partial charge in [0.05, 0.1) is 6.07 Å². The molecule has 1 aromatic heterocycles. The zero-order valence-electron chi connectivity index (χ0n) is 10.0. The van der Waals surface area contributed by atoms with Gasteiger partial charge in [-0.25, -0.2) is 9.80 Å². The molecular formula is C10H10N4O6. The summed E-state index contributed by atoms with van der Waals surface area (Å²) in [6, 6.07) is 1.52. The van der Waals surface area contributed by atoms with Crippen molar-refractivity contribution in [2.24, 2.45) is 10.8 Å². The minimum atomic E-state index is -1.27. The minimum Gasteiger partial charge on any atom is -0.480 e. The third-order valence-electron chi connectivity index (χ3n) is 1.88. The standard InChI is InChI=1S/C10H10N4O6/c11-10(17)13(6-9(15)16)12-5-1-2-7-3-4-8(20-7)14(18)19/h1-5H,6H2,(H2,11,17)(H,15,16)/b2-1+,12-5+. The van der Waals surface area contributed by atoms with Crippen molar-refractivity contribution >= 4 is 30.2 Å². The lowest BCUT2D eigenvalue weighted by atomic mass is 10.4. The summed E-state index contributed by atoms with van der Waals surface area (Å²) in [5.74, 6) is -1.48. The Hall–Kier alpha value is -3.17. The van der Waals surface area contributed by atoms with Crippen molar-refractivity contribution in [1.29, 1.82) is 0 Å². The van der Waals surface area contributed by atoms with Crippen LogP contribution in [0.2, 0.25) is 0 Å². The number of furan rings is 1. The van der Waals surface area contributed by atoms with E-state index in [1.54, 1.807) is 0 Å². The van der Waals surface area contributed by atoms with E-state index in [-0.39, 0.29) is 5.76 Å². The van der Waals surface area contributed by atoms with Crippen LogP contribution in [-0.4, -0.2) is 39.8 Å². The number of hydrazone groups is 1. The maximum absolute atomic E-state index is 10.8.